The molecule has 0 aromatic carbocycles. The number of nitrogens with one attached hydrogen (secondary N) is 1. The average Bonchev–Trinajstić information content (AvgIpc) is 2.80. The van der Waals surface area contributed by atoms with Crippen LogP contribution in [0.5, 0.6) is 0 Å². The van der Waals surface area contributed by atoms with Gasteiger partial charge < -0.3 is 10.4 Å². The molecule has 2 N–H and O–H groups in total. The zero-order chi connectivity index (χ0) is 8.39. The summed E-state index contributed by atoms with van der Waals surface area (Å²) < 4.78 is 0. The fourth-order valence-corrected chi connectivity index (χ4v) is 1.69. The minimum absolute atomic E-state index is 0.186. The Morgan fingerprint density at radius 3 is 3.17 bits per heavy atom. The van der Waals surface area contributed by atoms with E-state index >= 15 is 0 Å². The van der Waals surface area contributed by atoms with Gasteiger partial charge in [0.05, 0.1) is 6.10 Å². The lowest BCUT2D eigenvalue weighted by atomic mass is 10.2. The SMILES string of the molecule is OC(CNc1nccs1)C1CC1. The van der Waals surface area contributed by atoms with Crippen molar-refractivity contribution in [3.63, 3.8) is 0 Å². The molecule has 1 heterocycles. The van der Waals surface area contributed by atoms with Crippen molar-refractivity contribution >= 4 is 16.5 Å². The van der Waals surface area contributed by atoms with Gasteiger partial charge in [-0.2, -0.15) is 0 Å². The van der Waals surface area contributed by atoms with Crippen molar-refractivity contribution in [1.82, 2.24) is 4.98 Å². The molecule has 0 radical (unpaired) electrons. The van der Waals surface area contributed by atoms with Gasteiger partial charge in [0.15, 0.2) is 5.13 Å². The van der Waals surface area contributed by atoms with Gasteiger partial charge in [0.25, 0.3) is 0 Å². The highest BCUT2D eigenvalue weighted by Gasteiger charge is 2.29. The molecule has 0 spiro atoms. The van der Waals surface area contributed by atoms with Crippen LogP contribution in [0.4, 0.5) is 5.13 Å². The molecule has 0 bridgehead atoms. The molecule has 66 valence electrons. The molecular weight excluding hydrogens is 172 g/mol. The highest BCUT2D eigenvalue weighted by molar-refractivity contribution is 7.13. The van der Waals surface area contributed by atoms with Crippen LogP contribution in [0.1, 0.15) is 12.8 Å². The molecule has 2 rings (SSSR count). The first-order valence-corrected chi connectivity index (χ1v) is 5.05. The van der Waals surface area contributed by atoms with Crippen molar-refractivity contribution in [2.75, 3.05) is 11.9 Å². The van der Waals surface area contributed by atoms with Crippen LogP contribution in [0.15, 0.2) is 11.6 Å². The van der Waals surface area contributed by atoms with Crippen LogP contribution in [-0.4, -0.2) is 22.7 Å². The Kier molecular flexibility index (Phi) is 2.28. The van der Waals surface area contributed by atoms with Crippen LogP contribution < -0.4 is 5.32 Å². The molecule has 12 heavy (non-hydrogen) atoms. The molecule has 0 amide bonds. The Bertz CT molecular complexity index is 233. The maximum absolute atomic E-state index is 9.50. The van der Waals surface area contributed by atoms with Crippen LogP contribution >= 0.6 is 11.3 Å². The first-order valence-electron chi connectivity index (χ1n) is 4.17. The molecule has 1 aromatic heterocycles. The third kappa shape index (κ3) is 1.95. The van der Waals surface area contributed by atoms with Gasteiger partial charge in [-0.1, -0.05) is 0 Å². The highest BCUT2D eigenvalue weighted by atomic mass is 32.1. The van der Waals surface area contributed by atoms with Crippen molar-refractivity contribution in [1.29, 1.82) is 0 Å². The number of aliphatic hydroxyl groups is 1. The number of nitrogens with zero attached hydrogens (tertiary/aromatic N) is 1. The van der Waals surface area contributed by atoms with E-state index in [1.54, 1.807) is 17.5 Å². The summed E-state index contributed by atoms with van der Waals surface area (Å²) >= 11 is 1.56. The van der Waals surface area contributed by atoms with Crippen molar-refractivity contribution < 1.29 is 5.11 Å². The standard InChI is InChI=1S/C8H12N2OS/c11-7(6-1-2-6)5-10-8-9-3-4-12-8/h3-4,6-7,11H,1-2,5H2,(H,9,10). The summed E-state index contributed by atoms with van der Waals surface area (Å²) in [5.41, 5.74) is 0. The van der Waals surface area contributed by atoms with E-state index in [2.05, 4.69) is 10.3 Å². The molecule has 1 atom stereocenters. The molecule has 4 heteroatoms. The van der Waals surface area contributed by atoms with Gasteiger partial charge in [-0.25, -0.2) is 4.98 Å². The van der Waals surface area contributed by atoms with E-state index in [1.807, 2.05) is 5.38 Å². The lowest BCUT2D eigenvalue weighted by Crippen LogP contribution is -2.21. The Labute approximate surface area is 75.5 Å². The minimum Gasteiger partial charge on any atom is -0.391 e. The van der Waals surface area contributed by atoms with Crippen LogP contribution in [0, 0.1) is 5.92 Å². The molecule has 1 unspecified atom stereocenters. The average molecular weight is 184 g/mol. The van der Waals surface area contributed by atoms with Gasteiger partial charge in [-0.15, -0.1) is 11.3 Å². The Hall–Kier alpha value is -0.610. The number of hydrogen-bond acceptors (Lipinski definition) is 4. The number of anilines is 1. The van der Waals surface area contributed by atoms with E-state index in [0.29, 0.717) is 12.5 Å². The van der Waals surface area contributed by atoms with Gasteiger partial charge in [0.1, 0.15) is 0 Å². The quantitative estimate of drug-likeness (QED) is 0.742. The van der Waals surface area contributed by atoms with Crippen LogP contribution in [0.25, 0.3) is 0 Å². The van der Waals surface area contributed by atoms with Crippen LogP contribution in [-0.2, 0) is 0 Å². The second kappa shape index (κ2) is 3.41. The number of thiazole rings is 1. The van der Waals surface area contributed by atoms with E-state index in [9.17, 15) is 5.11 Å². The fourth-order valence-electron chi connectivity index (χ4n) is 1.15. The van der Waals surface area contributed by atoms with Crippen LogP contribution in [0.3, 0.4) is 0 Å². The first-order chi connectivity index (χ1) is 5.86. The fraction of sp³-hybridized carbons (Fsp3) is 0.625. The largest absolute Gasteiger partial charge is 0.391 e. The smallest absolute Gasteiger partial charge is 0.182 e. The normalized spacial score (nSPS) is 19.1. The monoisotopic (exact) mass is 184 g/mol. The van der Waals surface area contributed by atoms with Gasteiger partial charge >= 0.3 is 0 Å². The zero-order valence-corrected chi connectivity index (χ0v) is 7.55. The van der Waals surface area contributed by atoms with Crippen molar-refractivity contribution in [3.8, 4) is 0 Å². The molecule has 1 saturated carbocycles. The van der Waals surface area contributed by atoms with Gasteiger partial charge in [-0.3, -0.25) is 0 Å². The van der Waals surface area contributed by atoms with Gasteiger partial charge in [-0.05, 0) is 18.8 Å². The van der Waals surface area contributed by atoms with E-state index in [-0.39, 0.29) is 6.10 Å². The van der Waals surface area contributed by atoms with E-state index in [4.69, 9.17) is 0 Å². The molecule has 3 nitrogen and oxygen atoms in total. The minimum atomic E-state index is -0.186. The van der Waals surface area contributed by atoms with Crippen molar-refractivity contribution in [2.45, 2.75) is 18.9 Å². The lowest BCUT2D eigenvalue weighted by Gasteiger charge is -2.08. The third-order valence-corrected chi connectivity index (χ3v) is 2.79. The maximum atomic E-state index is 9.50. The summed E-state index contributed by atoms with van der Waals surface area (Å²) in [5, 5.41) is 15.4. The molecule has 1 aliphatic carbocycles. The Morgan fingerprint density at radius 1 is 1.75 bits per heavy atom. The molecule has 1 fully saturated rings. The topological polar surface area (TPSA) is 45.1 Å². The first kappa shape index (κ1) is 8.01. The summed E-state index contributed by atoms with van der Waals surface area (Å²) in [6.45, 7) is 0.637. The Morgan fingerprint density at radius 2 is 2.58 bits per heavy atom. The van der Waals surface area contributed by atoms with Crippen molar-refractivity contribution in [3.05, 3.63) is 11.6 Å². The van der Waals surface area contributed by atoms with Crippen molar-refractivity contribution in [2.24, 2.45) is 5.92 Å². The summed E-state index contributed by atoms with van der Waals surface area (Å²) in [6, 6.07) is 0. The molecular formula is C8H12N2OS. The number of hydrogen-bond donors (Lipinski definition) is 2. The zero-order valence-electron chi connectivity index (χ0n) is 6.73. The second-order valence-corrected chi connectivity index (χ2v) is 4.02. The predicted molar refractivity (Wildman–Crippen MR) is 49.3 cm³/mol. The third-order valence-electron chi connectivity index (χ3n) is 2.06. The summed E-state index contributed by atoms with van der Waals surface area (Å²) in [6.07, 6.45) is 3.94. The maximum Gasteiger partial charge on any atom is 0.182 e. The summed E-state index contributed by atoms with van der Waals surface area (Å²) in [7, 11) is 0. The second-order valence-electron chi connectivity index (χ2n) is 3.12. The van der Waals surface area contributed by atoms with Gasteiger partial charge in [0, 0.05) is 18.1 Å². The van der Waals surface area contributed by atoms with Crippen LogP contribution in [0.2, 0.25) is 0 Å². The number of aliphatic hydroxyl groups excluding tert-OH is 1. The lowest BCUT2D eigenvalue weighted by molar-refractivity contribution is 0.164. The summed E-state index contributed by atoms with van der Waals surface area (Å²) in [5.74, 6) is 0.539. The number of aromatic nitrogens is 1. The van der Waals surface area contributed by atoms with E-state index in [1.165, 1.54) is 12.8 Å². The summed E-state index contributed by atoms with van der Waals surface area (Å²) in [4.78, 5) is 4.06. The van der Waals surface area contributed by atoms with Gasteiger partial charge in [0.2, 0.25) is 0 Å². The molecule has 0 saturated heterocycles. The highest BCUT2D eigenvalue weighted by Crippen LogP contribution is 2.32. The molecule has 1 aliphatic rings. The molecule has 0 aliphatic heterocycles. The Balaban J connectivity index is 1.74. The molecule has 1 aromatic rings. The number of rotatable bonds is 4. The van der Waals surface area contributed by atoms with E-state index in [0.717, 1.165) is 5.13 Å². The van der Waals surface area contributed by atoms with E-state index < -0.39 is 0 Å². The predicted octanol–water partition coefficient (Wildman–Crippen LogP) is 1.33.